The van der Waals surface area contributed by atoms with E-state index < -0.39 is 12.0 Å². The molecule has 0 spiro atoms. The molecule has 0 amide bonds. The van der Waals surface area contributed by atoms with E-state index in [4.69, 9.17) is 5.11 Å². The Labute approximate surface area is 57.3 Å². The van der Waals surface area contributed by atoms with Crippen LogP contribution >= 0.6 is 0 Å². The molecule has 0 heterocycles. The maximum atomic E-state index is 10.2. The van der Waals surface area contributed by atoms with E-state index in [1.54, 1.807) is 0 Å². The number of aliphatic carboxylic acids is 1. The van der Waals surface area contributed by atoms with E-state index in [-0.39, 0.29) is 5.03 Å². The summed E-state index contributed by atoms with van der Waals surface area (Å²) in [6.45, 7) is 1.33. The highest BCUT2D eigenvalue weighted by Gasteiger charge is 2.19. The van der Waals surface area contributed by atoms with Crippen molar-refractivity contribution in [3.05, 3.63) is 4.91 Å². The van der Waals surface area contributed by atoms with E-state index in [2.05, 4.69) is 4.84 Å². The molecule has 0 fully saturated rings. The normalized spacial score (nSPS) is 11.8. The van der Waals surface area contributed by atoms with Gasteiger partial charge in [-0.1, -0.05) is 5.43 Å². The monoisotopic (exact) mass is 149 g/mol. The molecule has 0 aromatic rings. The fraction of sp³-hybridized carbons (Fsp3) is 0.750. The van der Waals surface area contributed by atoms with Crippen LogP contribution < -0.4 is 5.43 Å². The zero-order chi connectivity index (χ0) is 8.15. The molecule has 0 aliphatic rings. The molecule has 0 rings (SSSR count). The van der Waals surface area contributed by atoms with Gasteiger partial charge in [0, 0.05) is 0 Å². The molecule has 2 N–H and O–H groups in total. The van der Waals surface area contributed by atoms with Crippen LogP contribution in [-0.4, -0.2) is 29.3 Å². The summed E-state index contributed by atoms with van der Waals surface area (Å²) in [6, 6.07) is -0.947. The lowest BCUT2D eigenvalue weighted by atomic mass is 10.4. The number of nitrogens with zero attached hydrogens (tertiary/aromatic N) is 1. The Balaban J connectivity index is 3.68. The quantitative estimate of drug-likeness (QED) is 0.517. The summed E-state index contributed by atoms with van der Waals surface area (Å²) in [7, 11) is 1.13. The van der Waals surface area contributed by atoms with Gasteiger partial charge in [0.05, 0.1) is 0 Å². The van der Waals surface area contributed by atoms with Crippen LogP contribution in [0.4, 0.5) is 0 Å². The van der Waals surface area contributed by atoms with Crippen molar-refractivity contribution in [2.75, 3.05) is 7.11 Å². The lowest BCUT2D eigenvalue weighted by Gasteiger charge is -1.97. The number of hydrazine groups is 1. The second-order valence-corrected chi connectivity index (χ2v) is 1.63. The average molecular weight is 149 g/mol. The van der Waals surface area contributed by atoms with Gasteiger partial charge >= 0.3 is 11.0 Å². The van der Waals surface area contributed by atoms with E-state index in [1.165, 1.54) is 6.92 Å². The highest BCUT2D eigenvalue weighted by atomic mass is 16.8. The minimum atomic E-state index is -1.11. The Morgan fingerprint density at radius 1 is 1.80 bits per heavy atom. The minimum Gasteiger partial charge on any atom is -0.480 e. The van der Waals surface area contributed by atoms with Crippen molar-refractivity contribution in [1.82, 2.24) is 5.43 Å². The first-order chi connectivity index (χ1) is 4.57. The van der Waals surface area contributed by atoms with Gasteiger partial charge in [0.15, 0.2) is 13.2 Å². The first kappa shape index (κ1) is 8.67. The highest BCUT2D eigenvalue weighted by Crippen LogP contribution is 1.79. The molecule has 0 aromatic carbocycles. The number of carbonyl (C=O) groups is 1. The molecule has 0 radical (unpaired) electrons. The molecule has 0 saturated carbocycles. The number of hydrogen-bond donors (Lipinski definition) is 2. The largest absolute Gasteiger partial charge is 0.480 e. The summed E-state index contributed by atoms with van der Waals surface area (Å²) in [5.41, 5.74) is 1.98. The van der Waals surface area contributed by atoms with Gasteiger partial charge in [-0.15, -0.1) is 0 Å². The zero-order valence-corrected chi connectivity index (χ0v) is 5.70. The predicted molar refractivity (Wildman–Crippen MR) is 30.9 cm³/mol. The summed E-state index contributed by atoms with van der Waals surface area (Å²) in [5.74, 6) is -1.11. The standard InChI is InChI=1S/C4H8N2O4/c1-3(4(7)8)5-6(9)10-2/h3H,1-2H3,(H-,5,7,8,9)/p+1. The molecule has 0 aromatic heterocycles. The number of carboxylic acids is 1. The first-order valence-electron chi connectivity index (χ1n) is 2.58. The van der Waals surface area contributed by atoms with Crippen molar-refractivity contribution in [1.29, 1.82) is 0 Å². The van der Waals surface area contributed by atoms with E-state index in [1.807, 2.05) is 5.43 Å². The second kappa shape index (κ2) is 3.65. The highest BCUT2D eigenvalue weighted by molar-refractivity contribution is 5.72. The molecule has 1 unspecified atom stereocenters. The fourth-order valence-electron chi connectivity index (χ4n) is 0.266. The summed E-state index contributed by atoms with van der Waals surface area (Å²) >= 11 is 0. The molecule has 6 heteroatoms. The first-order valence-corrected chi connectivity index (χ1v) is 2.58. The van der Waals surface area contributed by atoms with Gasteiger partial charge < -0.3 is 5.11 Å². The number of nitrogens with one attached hydrogen (secondary N) is 1. The molecule has 0 saturated heterocycles. The molecule has 0 aliphatic carbocycles. The van der Waals surface area contributed by atoms with Gasteiger partial charge in [-0.05, 0) is 6.92 Å². The van der Waals surface area contributed by atoms with Crippen LogP contribution in [0.25, 0.3) is 0 Å². The van der Waals surface area contributed by atoms with Gasteiger partial charge in [0.2, 0.25) is 0 Å². The van der Waals surface area contributed by atoms with Crippen LogP contribution in [0, 0.1) is 4.91 Å². The molecule has 10 heavy (non-hydrogen) atoms. The van der Waals surface area contributed by atoms with Gasteiger partial charge in [-0.25, -0.2) is 9.63 Å². The lowest BCUT2D eigenvalue weighted by molar-refractivity contribution is -0.838. The Kier molecular flexibility index (Phi) is 3.16. The predicted octanol–water partition coefficient (Wildman–Crippen LogP) is -0.696. The van der Waals surface area contributed by atoms with Crippen molar-refractivity contribution in [3.8, 4) is 0 Å². The fourth-order valence-corrected chi connectivity index (χ4v) is 0.266. The smallest absolute Gasteiger partial charge is 0.357 e. The molecular formula is C4H9N2O4+. The molecule has 1 atom stereocenters. The topological polar surface area (TPSA) is 78.6 Å². The third-order valence-electron chi connectivity index (χ3n) is 0.835. The zero-order valence-electron chi connectivity index (χ0n) is 5.70. The Morgan fingerprint density at radius 3 is 2.60 bits per heavy atom. The van der Waals surface area contributed by atoms with Gasteiger partial charge in [0.1, 0.15) is 4.91 Å². The van der Waals surface area contributed by atoms with E-state index in [9.17, 15) is 9.70 Å². The van der Waals surface area contributed by atoms with Gasteiger partial charge in [0.25, 0.3) is 0 Å². The van der Waals surface area contributed by atoms with E-state index in [0.29, 0.717) is 0 Å². The Bertz CT molecular complexity index is 146. The van der Waals surface area contributed by atoms with Gasteiger partial charge in [-0.3, -0.25) is 0 Å². The molecule has 0 bridgehead atoms. The number of carboxylic acid groups (broad SMARTS) is 1. The molecular weight excluding hydrogens is 140 g/mol. The van der Waals surface area contributed by atoms with Crippen LogP contribution in [-0.2, 0) is 9.63 Å². The van der Waals surface area contributed by atoms with E-state index in [0.717, 1.165) is 7.11 Å². The maximum absolute atomic E-state index is 10.2. The third kappa shape index (κ3) is 2.85. The van der Waals surface area contributed by atoms with Crippen LogP contribution in [0.3, 0.4) is 0 Å². The van der Waals surface area contributed by atoms with Crippen molar-refractivity contribution in [2.45, 2.75) is 13.0 Å². The Morgan fingerprint density at radius 2 is 2.30 bits per heavy atom. The third-order valence-corrected chi connectivity index (χ3v) is 0.835. The summed E-state index contributed by atoms with van der Waals surface area (Å²) in [6.07, 6.45) is 0. The second-order valence-electron chi connectivity index (χ2n) is 1.63. The Hall–Kier alpha value is -1.33. The minimum absolute atomic E-state index is 0.0151. The van der Waals surface area contributed by atoms with Crippen LogP contribution in [0.5, 0.6) is 0 Å². The van der Waals surface area contributed by atoms with Crippen LogP contribution in [0.2, 0.25) is 0 Å². The average Bonchev–Trinajstić information content (AvgIpc) is 1.87. The van der Waals surface area contributed by atoms with Crippen LogP contribution in [0.15, 0.2) is 0 Å². The molecule has 6 nitrogen and oxygen atoms in total. The number of hydrogen-bond acceptors (Lipinski definition) is 3. The van der Waals surface area contributed by atoms with Crippen molar-refractivity contribution in [2.24, 2.45) is 0 Å². The summed E-state index contributed by atoms with van der Waals surface area (Å²) in [4.78, 5) is 24.4. The molecule has 0 aliphatic heterocycles. The van der Waals surface area contributed by atoms with E-state index >= 15 is 0 Å². The lowest BCUT2D eigenvalue weighted by Crippen LogP contribution is -2.39. The number of rotatable bonds is 4. The summed E-state index contributed by atoms with van der Waals surface area (Å²) < 4.78 is 0. The maximum Gasteiger partial charge on any atom is 0.357 e. The molecule has 58 valence electrons. The van der Waals surface area contributed by atoms with Gasteiger partial charge in [-0.2, -0.15) is 0 Å². The van der Waals surface area contributed by atoms with Crippen LogP contribution in [0.1, 0.15) is 6.92 Å². The van der Waals surface area contributed by atoms with Crippen molar-refractivity contribution < 1.29 is 19.8 Å². The van der Waals surface area contributed by atoms with Crippen molar-refractivity contribution in [3.63, 3.8) is 0 Å². The SMILES string of the molecule is CO[N+](=O)NC(C)C(=O)O. The summed E-state index contributed by atoms with van der Waals surface area (Å²) in [5, 5.41) is 8.23. The van der Waals surface area contributed by atoms with Crippen molar-refractivity contribution >= 4 is 5.97 Å².